The van der Waals surface area contributed by atoms with Gasteiger partial charge in [-0.25, -0.2) is 0 Å². The second-order valence-electron chi connectivity index (χ2n) is 4.89. The number of aliphatic hydroxyl groups is 1. The zero-order chi connectivity index (χ0) is 16.7. The van der Waals surface area contributed by atoms with Crippen LogP contribution < -0.4 is 10.6 Å². The van der Waals surface area contributed by atoms with Crippen LogP contribution in [0, 0.1) is 11.3 Å². The normalized spacial score (nSPS) is 11.6. The number of halogens is 1. The number of nitrogens with one attached hydrogen (secondary N) is 2. The molecule has 0 saturated heterocycles. The van der Waals surface area contributed by atoms with Crippen molar-refractivity contribution in [1.82, 2.24) is 10.2 Å². The van der Waals surface area contributed by atoms with E-state index in [-0.39, 0.29) is 22.8 Å². The van der Waals surface area contributed by atoms with Gasteiger partial charge in [-0.05, 0) is 32.3 Å². The first-order valence-electron chi connectivity index (χ1n) is 6.45. The van der Waals surface area contributed by atoms with Gasteiger partial charge in [0.1, 0.15) is 6.07 Å². The molecular weight excluding hydrogens is 308 g/mol. The molecule has 0 aliphatic heterocycles. The first-order chi connectivity index (χ1) is 10.3. The van der Waals surface area contributed by atoms with Crippen LogP contribution in [0.2, 0.25) is 5.02 Å². The van der Waals surface area contributed by atoms with Crippen LogP contribution in [0.25, 0.3) is 0 Å². The van der Waals surface area contributed by atoms with Crippen LogP contribution in [0.5, 0.6) is 0 Å². The number of likely N-dealkylation sites (N-methyl/N-ethyl adjacent to an activating group) is 1. The predicted molar refractivity (Wildman–Crippen MR) is 82.4 cm³/mol. The van der Waals surface area contributed by atoms with Gasteiger partial charge in [-0.3, -0.25) is 9.59 Å². The van der Waals surface area contributed by atoms with E-state index in [0.717, 1.165) is 0 Å². The Morgan fingerprint density at radius 1 is 1.41 bits per heavy atom. The molecule has 0 spiro atoms. The Bertz CT molecular complexity index is 598. The summed E-state index contributed by atoms with van der Waals surface area (Å²) in [5.41, 5.74) is 0.483. The molecule has 2 amide bonds. The van der Waals surface area contributed by atoms with Gasteiger partial charge >= 0.3 is 11.8 Å². The second-order valence-corrected chi connectivity index (χ2v) is 5.29. The average Bonchev–Trinajstić information content (AvgIpc) is 2.45. The summed E-state index contributed by atoms with van der Waals surface area (Å²) >= 11 is 5.78. The minimum absolute atomic E-state index is 0.0332. The maximum absolute atomic E-state index is 11.7. The van der Waals surface area contributed by atoms with E-state index in [0.29, 0.717) is 6.54 Å². The number of nitriles is 1. The van der Waals surface area contributed by atoms with Gasteiger partial charge in [-0.1, -0.05) is 11.6 Å². The fourth-order valence-corrected chi connectivity index (χ4v) is 1.81. The molecular formula is C14H17ClN4O3. The smallest absolute Gasteiger partial charge is 0.313 e. The lowest BCUT2D eigenvalue weighted by Crippen LogP contribution is -2.42. The van der Waals surface area contributed by atoms with Crippen LogP contribution in [-0.4, -0.2) is 55.1 Å². The van der Waals surface area contributed by atoms with Crippen molar-refractivity contribution in [1.29, 1.82) is 5.26 Å². The van der Waals surface area contributed by atoms with Crippen molar-refractivity contribution >= 4 is 29.1 Å². The fourth-order valence-electron chi connectivity index (χ4n) is 1.65. The first kappa shape index (κ1) is 17.9. The molecule has 3 N–H and O–H groups in total. The first-order valence-corrected chi connectivity index (χ1v) is 6.83. The number of hydrogen-bond donors (Lipinski definition) is 3. The van der Waals surface area contributed by atoms with Crippen molar-refractivity contribution in [3.05, 3.63) is 28.8 Å². The monoisotopic (exact) mass is 324 g/mol. The predicted octanol–water partition coefficient (Wildman–Crippen LogP) is 0.189. The van der Waals surface area contributed by atoms with Gasteiger partial charge in [-0.2, -0.15) is 5.26 Å². The number of rotatable bonds is 5. The highest BCUT2D eigenvalue weighted by molar-refractivity contribution is 6.39. The summed E-state index contributed by atoms with van der Waals surface area (Å²) in [6.45, 7) is 0.332. The van der Waals surface area contributed by atoms with E-state index >= 15 is 0 Å². The van der Waals surface area contributed by atoms with E-state index in [9.17, 15) is 14.7 Å². The number of amides is 2. The van der Waals surface area contributed by atoms with Crippen LogP contribution in [0.3, 0.4) is 0 Å². The highest BCUT2D eigenvalue weighted by Gasteiger charge is 2.16. The topological polar surface area (TPSA) is 105 Å². The Kier molecular flexibility index (Phi) is 6.79. The molecule has 1 atom stereocenters. The molecule has 1 unspecified atom stereocenters. The molecule has 0 radical (unpaired) electrons. The molecule has 0 fully saturated rings. The van der Waals surface area contributed by atoms with Crippen molar-refractivity contribution in [3.63, 3.8) is 0 Å². The number of hydrogen-bond acceptors (Lipinski definition) is 5. The standard InChI is InChI=1S/C14H17ClN4O3/c1-19(2)8-11(20)7-17-13(21)14(22)18-10-3-4-12(15)9(5-10)6-16/h3-5,11,20H,7-8H2,1-2H3,(H,17,21)(H,18,22). The minimum Gasteiger partial charge on any atom is -0.390 e. The van der Waals surface area contributed by atoms with Crippen molar-refractivity contribution in [3.8, 4) is 6.07 Å². The Morgan fingerprint density at radius 3 is 2.68 bits per heavy atom. The molecule has 0 bridgehead atoms. The molecule has 118 valence electrons. The van der Waals surface area contributed by atoms with Crippen LogP contribution in [0.15, 0.2) is 18.2 Å². The van der Waals surface area contributed by atoms with E-state index in [1.807, 2.05) is 6.07 Å². The van der Waals surface area contributed by atoms with Crippen LogP contribution >= 0.6 is 11.6 Å². The summed E-state index contributed by atoms with van der Waals surface area (Å²) in [6.07, 6.45) is -0.771. The molecule has 7 nitrogen and oxygen atoms in total. The number of anilines is 1. The van der Waals surface area contributed by atoms with Gasteiger partial charge in [0.2, 0.25) is 0 Å². The molecule has 1 rings (SSSR count). The van der Waals surface area contributed by atoms with Gasteiger partial charge < -0.3 is 20.6 Å². The van der Waals surface area contributed by atoms with Gasteiger partial charge in [0.25, 0.3) is 0 Å². The summed E-state index contributed by atoms with van der Waals surface area (Å²) in [5.74, 6) is -1.76. The van der Waals surface area contributed by atoms with Crippen LogP contribution in [0.1, 0.15) is 5.56 Å². The minimum atomic E-state index is -0.886. The maximum Gasteiger partial charge on any atom is 0.313 e. The number of carbonyl (C=O) groups excluding carboxylic acids is 2. The molecule has 0 aliphatic rings. The van der Waals surface area contributed by atoms with E-state index in [4.69, 9.17) is 16.9 Å². The van der Waals surface area contributed by atoms with Gasteiger partial charge in [-0.15, -0.1) is 0 Å². The molecule has 1 aromatic rings. The number of nitrogens with zero attached hydrogens (tertiary/aromatic N) is 2. The Morgan fingerprint density at radius 2 is 2.09 bits per heavy atom. The molecule has 1 aromatic carbocycles. The summed E-state index contributed by atoms with van der Waals surface area (Å²) in [5, 5.41) is 23.4. The number of aliphatic hydroxyl groups excluding tert-OH is 1. The largest absolute Gasteiger partial charge is 0.390 e. The van der Waals surface area contributed by atoms with Crippen molar-refractivity contribution in [2.75, 3.05) is 32.5 Å². The third-order valence-corrected chi connectivity index (χ3v) is 2.95. The van der Waals surface area contributed by atoms with E-state index in [1.165, 1.54) is 18.2 Å². The Labute approximate surface area is 133 Å². The Balaban J connectivity index is 2.55. The second kappa shape index (κ2) is 8.34. The molecule has 0 aromatic heterocycles. The highest BCUT2D eigenvalue weighted by Crippen LogP contribution is 2.19. The SMILES string of the molecule is CN(C)CC(O)CNC(=O)C(=O)Nc1ccc(Cl)c(C#N)c1. The van der Waals surface area contributed by atoms with Crippen molar-refractivity contribution in [2.45, 2.75) is 6.10 Å². The fraction of sp³-hybridized carbons (Fsp3) is 0.357. The van der Waals surface area contributed by atoms with E-state index < -0.39 is 17.9 Å². The summed E-state index contributed by atoms with van der Waals surface area (Å²) < 4.78 is 0. The van der Waals surface area contributed by atoms with Gasteiger partial charge in [0.15, 0.2) is 0 Å². The lowest BCUT2D eigenvalue weighted by atomic mass is 10.2. The zero-order valence-electron chi connectivity index (χ0n) is 12.3. The lowest BCUT2D eigenvalue weighted by Gasteiger charge is -2.16. The summed E-state index contributed by atoms with van der Waals surface area (Å²) in [6, 6.07) is 6.18. The molecule has 0 saturated carbocycles. The molecule has 0 aliphatic carbocycles. The quantitative estimate of drug-likeness (QED) is 0.670. The van der Waals surface area contributed by atoms with E-state index in [1.54, 1.807) is 19.0 Å². The van der Waals surface area contributed by atoms with Crippen LogP contribution in [0.4, 0.5) is 5.69 Å². The zero-order valence-corrected chi connectivity index (χ0v) is 13.0. The van der Waals surface area contributed by atoms with Crippen molar-refractivity contribution in [2.24, 2.45) is 0 Å². The van der Waals surface area contributed by atoms with Crippen LogP contribution in [-0.2, 0) is 9.59 Å². The third kappa shape index (κ3) is 5.69. The van der Waals surface area contributed by atoms with Gasteiger partial charge in [0.05, 0.1) is 16.7 Å². The number of carbonyl (C=O) groups is 2. The Hall–Kier alpha value is -2.14. The third-order valence-electron chi connectivity index (χ3n) is 2.63. The summed E-state index contributed by atoms with van der Waals surface area (Å²) in [4.78, 5) is 25.1. The lowest BCUT2D eigenvalue weighted by molar-refractivity contribution is -0.136. The van der Waals surface area contributed by atoms with E-state index in [2.05, 4.69) is 10.6 Å². The maximum atomic E-state index is 11.7. The summed E-state index contributed by atoms with van der Waals surface area (Å²) in [7, 11) is 3.57. The molecule has 8 heteroatoms. The van der Waals surface area contributed by atoms with Gasteiger partial charge in [0, 0.05) is 18.8 Å². The highest BCUT2D eigenvalue weighted by atomic mass is 35.5. The molecule has 0 heterocycles. The average molecular weight is 325 g/mol. The number of benzene rings is 1. The van der Waals surface area contributed by atoms with Crippen molar-refractivity contribution < 1.29 is 14.7 Å². The molecule has 22 heavy (non-hydrogen) atoms.